The second-order valence-corrected chi connectivity index (χ2v) is 8.09. The maximum atomic E-state index is 12.6. The van der Waals surface area contributed by atoms with Crippen molar-refractivity contribution in [3.05, 3.63) is 76.5 Å². The summed E-state index contributed by atoms with van der Waals surface area (Å²) < 4.78 is 5.63. The smallest absolute Gasteiger partial charge is 0.291 e. The fraction of sp³-hybridized carbons (Fsp3) is 0.280. The summed E-state index contributed by atoms with van der Waals surface area (Å²) in [7, 11) is 0. The monoisotopic (exact) mass is 462 g/mol. The molecule has 34 heavy (non-hydrogen) atoms. The summed E-state index contributed by atoms with van der Waals surface area (Å²) in [6, 6.07) is 16.7. The predicted octanol–water partition coefficient (Wildman–Crippen LogP) is 4.56. The molecule has 0 saturated carbocycles. The van der Waals surface area contributed by atoms with Gasteiger partial charge in [0, 0.05) is 61.7 Å². The molecule has 4 rings (SSSR count). The topological polar surface area (TPSA) is 109 Å². The zero-order chi connectivity index (χ0) is 24.1. The summed E-state index contributed by atoms with van der Waals surface area (Å²) >= 11 is 0. The lowest BCUT2D eigenvalue weighted by Gasteiger charge is -2.36. The molecule has 3 aromatic rings. The van der Waals surface area contributed by atoms with Gasteiger partial charge >= 0.3 is 0 Å². The molecule has 0 radical (unpaired) electrons. The Bertz CT molecular complexity index is 1180. The minimum atomic E-state index is -0.477. The second-order valence-electron chi connectivity index (χ2n) is 8.09. The zero-order valence-electron chi connectivity index (χ0n) is 18.9. The van der Waals surface area contributed by atoms with Crippen LogP contribution in [0.4, 0.5) is 17.1 Å². The lowest BCUT2D eigenvalue weighted by Crippen LogP contribution is -2.48. The molecule has 1 fully saturated rings. The molecule has 9 nitrogen and oxygen atoms in total. The number of nitro groups is 1. The Kier molecular flexibility index (Phi) is 6.91. The van der Waals surface area contributed by atoms with Crippen LogP contribution < -0.4 is 10.2 Å². The van der Waals surface area contributed by atoms with Crippen LogP contribution in [0.25, 0.3) is 11.3 Å². The van der Waals surface area contributed by atoms with Gasteiger partial charge in [-0.25, -0.2) is 0 Å². The van der Waals surface area contributed by atoms with Crippen LogP contribution in [0.15, 0.2) is 65.1 Å². The van der Waals surface area contributed by atoms with E-state index < -0.39 is 10.8 Å². The number of amides is 2. The van der Waals surface area contributed by atoms with Crippen molar-refractivity contribution in [1.82, 2.24) is 4.90 Å². The first-order valence-electron chi connectivity index (χ1n) is 11.2. The van der Waals surface area contributed by atoms with E-state index in [-0.39, 0.29) is 17.4 Å². The number of non-ortho nitro benzene ring substituents is 1. The summed E-state index contributed by atoms with van der Waals surface area (Å²) in [5, 5.41) is 13.8. The third-order valence-corrected chi connectivity index (χ3v) is 5.76. The summed E-state index contributed by atoms with van der Waals surface area (Å²) in [6.45, 7) is 4.98. The fourth-order valence-electron chi connectivity index (χ4n) is 3.92. The van der Waals surface area contributed by atoms with Crippen LogP contribution in [-0.4, -0.2) is 47.8 Å². The fourth-order valence-corrected chi connectivity index (χ4v) is 3.92. The summed E-state index contributed by atoms with van der Waals surface area (Å²) in [6.07, 6.45) is 1.46. The molecular formula is C25H26N4O5. The first-order valence-corrected chi connectivity index (χ1v) is 11.2. The molecule has 0 atom stereocenters. The van der Waals surface area contributed by atoms with Gasteiger partial charge in [-0.15, -0.1) is 0 Å². The highest BCUT2D eigenvalue weighted by atomic mass is 16.6. The first kappa shape index (κ1) is 23.0. The number of nitrogens with one attached hydrogen (secondary N) is 1. The van der Waals surface area contributed by atoms with Gasteiger partial charge in [0.2, 0.25) is 5.91 Å². The van der Waals surface area contributed by atoms with E-state index >= 15 is 0 Å². The maximum absolute atomic E-state index is 12.6. The van der Waals surface area contributed by atoms with Crippen molar-refractivity contribution in [3.8, 4) is 11.3 Å². The molecule has 2 aromatic carbocycles. The predicted molar refractivity (Wildman–Crippen MR) is 129 cm³/mol. The molecular weight excluding hydrogens is 436 g/mol. The van der Waals surface area contributed by atoms with Crippen molar-refractivity contribution in [3.63, 3.8) is 0 Å². The van der Waals surface area contributed by atoms with Crippen LogP contribution in [0, 0.1) is 10.1 Å². The van der Waals surface area contributed by atoms with E-state index in [9.17, 15) is 19.7 Å². The van der Waals surface area contributed by atoms with E-state index in [0.29, 0.717) is 36.5 Å². The Balaban J connectivity index is 1.35. The van der Waals surface area contributed by atoms with Crippen LogP contribution in [0.3, 0.4) is 0 Å². The number of anilines is 2. The summed E-state index contributed by atoms with van der Waals surface area (Å²) in [5.41, 5.74) is 2.13. The molecule has 176 valence electrons. The van der Waals surface area contributed by atoms with Crippen molar-refractivity contribution in [2.24, 2.45) is 0 Å². The normalized spacial score (nSPS) is 13.6. The number of rotatable bonds is 7. The largest absolute Gasteiger partial charge is 0.451 e. The van der Waals surface area contributed by atoms with Crippen LogP contribution in [0.1, 0.15) is 30.3 Å². The molecule has 1 saturated heterocycles. The van der Waals surface area contributed by atoms with Crippen molar-refractivity contribution in [2.45, 2.75) is 19.8 Å². The van der Waals surface area contributed by atoms with E-state index in [1.807, 2.05) is 36.1 Å². The van der Waals surface area contributed by atoms with Crippen molar-refractivity contribution < 1.29 is 18.9 Å². The number of hydrogen-bond acceptors (Lipinski definition) is 6. The third kappa shape index (κ3) is 5.25. The van der Waals surface area contributed by atoms with Crippen LogP contribution in [0.2, 0.25) is 0 Å². The molecule has 0 unspecified atom stereocenters. The molecule has 1 N–H and O–H groups in total. The summed E-state index contributed by atoms with van der Waals surface area (Å²) in [5.74, 6) is 0.290. The van der Waals surface area contributed by atoms with Gasteiger partial charge in [0.25, 0.3) is 11.6 Å². The van der Waals surface area contributed by atoms with Gasteiger partial charge in [-0.2, -0.15) is 0 Å². The second kappa shape index (κ2) is 10.2. The van der Waals surface area contributed by atoms with Gasteiger partial charge in [0.1, 0.15) is 5.76 Å². The lowest BCUT2D eigenvalue weighted by atomic mass is 10.1. The first-order chi connectivity index (χ1) is 16.4. The van der Waals surface area contributed by atoms with Gasteiger partial charge in [0.15, 0.2) is 5.76 Å². The minimum absolute atomic E-state index is 0.0473. The van der Waals surface area contributed by atoms with Gasteiger partial charge in [-0.1, -0.05) is 19.1 Å². The molecule has 2 heterocycles. The Morgan fingerprint density at radius 1 is 1.03 bits per heavy atom. The molecule has 0 aliphatic carbocycles. The third-order valence-electron chi connectivity index (χ3n) is 5.76. The number of nitrogens with zero attached hydrogens (tertiary/aromatic N) is 3. The molecule has 0 spiro atoms. The number of furan rings is 1. The number of carbonyl (C=O) groups is 2. The number of nitro benzene ring substituents is 1. The molecule has 0 bridgehead atoms. The number of hydrogen-bond donors (Lipinski definition) is 1. The molecule has 9 heteroatoms. The molecule has 1 aromatic heterocycles. The number of piperazine rings is 1. The SMILES string of the molecule is CCCC(=O)N1CCN(c2ccc(NC(=O)c3ccc(-c4cccc([N+](=O)[O-])c4)o3)cc2)CC1. The van der Waals surface area contributed by atoms with Gasteiger partial charge in [-0.3, -0.25) is 19.7 Å². The van der Waals surface area contributed by atoms with E-state index in [2.05, 4.69) is 10.2 Å². The average molecular weight is 463 g/mol. The Morgan fingerprint density at radius 3 is 2.44 bits per heavy atom. The standard InChI is InChI=1S/C25H26N4O5/c1-2-4-24(30)28-15-13-27(14-16-28)20-9-7-19(8-10-20)26-25(31)23-12-11-22(34-23)18-5-3-6-21(17-18)29(32)33/h3,5-12,17H,2,4,13-16H2,1H3,(H,26,31). The van der Waals surface area contributed by atoms with Gasteiger partial charge in [-0.05, 0) is 42.8 Å². The van der Waals surface area contributed by atoms with E-state index in [1.54, 1.807) is 18.2 Å². The molecule has 1 aliphatic rings. The van der Waals surface area contributed by atoms with E-state index in [1.165, 1.54) is 18.2 Å². The highest BCUT2D eigenvalue weighted by Crippen LogP contribution is 2.26. The Labute approximate surface area is 197 Å². The zero-order valence-corrected chi connectivity index (χ0v) is 18.9. The number of benzene rings is 2. The van der Waals surface area contributed by atoms with Crippen LogP contribution in [0.5, 0.6) is 0 Å². The van der Waals surface area contributed by atoms with Crippen molar-refractivity contribution >= 4 is 28.9 Å². The highest BCUT2D eigenvalue weighted by Gasteiger charge is 2.21. The highest BCUT2D eigenvalue weighted by molar-refractivity contribution is 6.02. The van der Waals surface area contributed by atoms with E-state index in [0.717, 1.165) is 25.2 Å². The van der Waals surface area contributed by atoms with Crippen molar-refractivity contribution in [2.75, 3.05) is 36.4 Å². The summed E-state index contributed by atoms with van der Waals surface area (Å²) in [4.78, 5) is 39.3. The Hall–Kier alpha value is -4.14. The van der Waals surface area contributed by atoms with Crippen LogP contribution in [-0.2, 0) is 4.79 Å². The minimum Gasteiger partial charge on any atom is -0.451 e. The Morgan fingerprint density at radius 2 is 1.76 bits per heavy atom. The van der Waals surface area contributed by atoms with Gasteiger partial charge in [0.05, 0.1) is 4.92 Å². The average Bonchev–Trinajstić information content (AvgIpc) is 3.36. The molecule has 2 amide bonds. The quantitative estimate of drug-likeness (QED) is 0.407. The lowest BCUT2D eigenvalue weighted by molar-refractivity contribution is -0.384. The molecule has 1 aliphatic heterocycles. The number of carbonyl (C=O) groups excluding carboxylic acids is 2. The van der Waals surface area contributed by atoms with Crippen molar-refractivity contribution in [1.29, 1.82) is 0 Å². The van der Waals surface area contributed by atoms with Crippen LogP contribution >= 0.6 is 0 Å². The maximum Gasteiger partial charge on any atom is 0.291 e. The van der Waals surface area contributed by atoms with Gasteiger partial charge < -0.3 is 19.5 Å². The van der Waals surface area contributed by atoms with E-state index in [4.69, 9.17) is 4.42 Å².